The van der Waals surface area contributed by atoms with E-state index in [1.54, 1.807) is 26.6 Å². The van der Waals surface area contributed by atoms with Crippen molar-refractivity contribution in [2.75, 3.05) is 79.0 Å². The van der Waals surface area contributed by atoms with Gasteiger partial charge in [-0.3, -0.25) is 38.9 Å². The van der Waals surface area contributed by atoms with Gasteiger partial charge in [0.15, 0.2) is 0 Å². The van der Waals surface area contributed by atoms with Crippen LogP contribution in [0.5, 0.6) is 0 Å². The third kappa shape index (κ3) is 8.59. The lowest BCUT2D eigenvalue weighted by Gasteiger charge is -2.29. The quantitative estimate of drug-likeness (QED) is 0.511. The molecule has 0 aromatic rings. The first kappa shape index (κ1) is 24.0. The molecule has 0 amide bonds. The van der Waals surface area contributed by atoms with E-state index in [2.05, 4.69) is 0 Å². The van der Waals surface area contributed by atoms with Crippen LogP contribution in [-0.4, -0.2) is 133 Å². The van der Waals surface area contributed by atoms with Crippen molar-refractivity contribution in [1.82, 2.24) is 25.0 Å². The van der Waals surface area contributed by atoms with E-state index in [4.69, 9.17) is 14.5 Å². The van der Waals surface area contributed by atoms with Crippen LogP contribution in [-0.2, 0) is 33.7 Å². The minimum absolute atomic E-state index is 0.105. The van der Waals surface area contributed by atoms with Crippen molar-refractivity contribution in [3.63, 3.8) is 0 Å². The molecule has 2 fully saturated rings. The van der Waals surface area contributed by atoms with Gasteiger partial charge >= 0.3 is 23.9 Å². The fourth-order valence-electron chi connectivity index (χ4n) is 3.01. The van der Waals surface area contributed by atoms with Gasteiger partial charge in [0.25, 0.3) is 0 Å². The molecule has 2 saturated heterocycles. The highest BCUT2D eigenvalue weighted by Crippen LogP contribution is 2.05. The van der Waals surface area contributed by atoms with Gasteiger partial charge in [-0.15, -0.1) is 0 Å². The zero-order chi connectivity index (χ0) is 22.1. The van der Waals surface area contributed by atoms with E-state index in [1.165, 1.54) is 0 Å². The molecule has 170 valence electrons. The summed E-state index contributed by atoms with van der Waals surface area (Å²) in [5, 5.41) is 9.37. The molecule has 2 aliphatic heterocycles. The standard InChI is InChI=1S/C17H29N5O8/c1-3-19-6-7-20(10-14(23)24)8-9-21-5-4-18(2)11-15(25)28-22(29-16(26)12-19)30-17(27)13-21/h3-13H2,1-2H3,(H,23,24). The molecule has 2 bridgehead atoms. The number of aliphatic carboxylic acids is 1. The van der Waals surface area contributed by atoms with Gasteiger partial charge in [-0.1, -0.05) is 6.92 Å². The molecule has 30 heavy (non-hydrogen) atoms. The van der Waals surface area contributed by atoms with E-state index in [1.807, 2.05) is 6.92 Å². The van der Waals surface area contributed by atoms with Gasteiger partial charge in [0.1, 0.15) is 0 Å². The highest BCUT2D eigenvalue weighted by molar-refractivity contribution is 5.74. The molecule has 2 aliphatic rings. The van der Waals surface area contributed by atoms with Crippen molar-refractivity contribution in [3.8, 4) is 0 Å². The van der Waals surface area contributed by atoms with E-state index in [-0.39, 0.29) is 31.6 Å². The summed E-state index contributed by atoms with van der Waals surface area (Å²) < 4.78 is 0. The van der Waals surface area contributed by atoms with E-state index in [0.29, 0.717) is 45.8 Å². The number of nitrogens with zero attached hydrogens (tertiary/aromatic N) is 5. The van der Waals surface area contributed by atoms with E-state index >= 15 is 0 Å². The Morgan fingerprint density at radius 3 is 2.00 bits per heavy atom. The molecule has 0 spiro atoms. The molecular formula is C17H29N5O8. The first-order chi connectivity index (χ1) is 14.2. The van der Waals surface area contributed by atoms with Gasteiger partial charge in [-0.2, -0.15) is 0 Å². The number of carbonyl (C=O) groups is 4. The van der Waals surface area contributed by atoms with Crippen LogP contribution >= 0.6 is 0 Å². The molecule has 0 radical (unpaired) electrons. The molecule has 0 aromatic heterocycles. The number of hydrogen-bond acceptors (Lipinski definition) is 12. The van der Waals surface area contributed by atoms with Crippen LogP contribution < -0.4 is 0 Å². The van der Waals surface area contributed by atoms with E-state index < -0.39 is 23.9 Å². The van der Waals surface area contributed by atoms with Gasteiger partial charge in [0.2, 0.25) is 5.39 Å². The fraction of sp³-hybridized carbons (Fsp3) is 0.765. The highest BCUT2D eigenvalue weighted by Gasteiger charge is 2.27. The second-order valence-corrected chi connectivity index (χ2v) is 7.17. The third-order valence-electron chi connectivity index (χ3n) is 4.70. The number of fused-ring (bicyclic) bond motifs is 4. The van der Waals surface area contributed by atoms with Crippen molar-refractivity contribution in [2.24, 2.45) is 0 Å². The van der Waals surface area contributed by atoms with Gasteiger partial charge in [-0.25, -0.2) is 14.4 Å². The minimum atomic E-state index is -0.957. The molecular weight excluding hydrogens is 402 g/mol. The summed E-state index contributed by atoms with van der Waals surface area (Å²) in [6, 6.07) is 0. The average molecular weight is 431 g/mol. The van der Waals surface area contributed by atoms with Crippen LogP contribution in [0.1, 0.15) is 6.92 Å². The summed E-state index contributed by atoms with van der Waals surface area (Å²) in [6.45, 7) is 4.36. The number of carbonyl (C=O) groups excluding carboxylic acids is 3. The van der Waals surface area contributed by atoms with Crippen LogP contribution in [0.25, 0.3) is 0 Å². The lowest BCUT2D eigenvalue weighted by molar-refractivity contribution is -0.464. The topological polar surface area (TPSA) is 132 Å². The molecule has 0 aliphatic carbocycles. The highest BCUT2D eigenvalue weighted by atomic mass is 17.2. The first-order valence-electron chi connectivity index (χ1n) is 9.75. The number of rotatable bonds is 3. The lowest BCUT2D eigenvalue weighted by Crippen LogP contribution is -2.46. The Kier molecular flexibility index (Phi) is 9.39. The summed E-state index contributed by atoms with van der Waals surface area (Å²) in [5.74, 6) is -3.29. The van der Waals surface area contributed by atoms with Crippen LogP contribution in [0, 0.1) is 0 Å². The van der Waals surface area contributed by atoms with Crippen molar-refractivity contribution in [2.45, 2.75) is 6.92 Å². The normalized spacial score (nSPS) is 26.9. The maximum Gasteiger partial charge on any atom is 0.346 e. The lowest BCUT2D eigenvalue weighted by atomic mass is 10.3. The Labute approximate surface area is 174 Å². The second-order valence-electron chi connectivity index (χ2n) is 7.17. The van der Waals surface area contributed by atoms with Gasteiger partial charge in [0.05, 0.1) is 26.2 Å². The molecule has 13 nitrogen and oxygen atoms in total. The van der Waals surface area contributed by atoms with Crippen LogP contribution in [0.4, 0.5) is 0 Å². The Morgan fingerprint density at radius 1 is 0.833 bits per heavy atom. The Morgan fingerprint density at radius 2 is 1.37 bits per heavy atom. The van der Waals surface area contributed by atoms with E-state index in [0.717, 1.165) is 0 Å². The number of carboxylic acid groups (broad SMARTS) is 1. The zero-order valence-corrected chi connectivity index (χ0v) is 17.3. The van der Waals surface area contributed by atoms with Crippen LogP contribution in [0.2, 0.25) is 0 Å². The summed E-state index contributed by atoms with van der Waals surface area (Å²) in [5.41, 5.74) is 0. The smallest absolute Gasteiger partial charge is 0.346 e. The predicted molar refractivity (Wildman–Crippen MR) is 100 cm³/mol. The van der Waals surface area contributed by atoms with Crippen LogP contribution in [0.3, 0.4) is 0 Å². The Bertz CT molecular complexity index is 633. The summed E-state index contributed by atoms with van der Waals surface area (Å²) >= 11 is 0. The largest absolute Gasteiger partial charge is 0.480 e. The summed E-state index contributed by atoms with van der Waals surface area (Å²) in [6.07, 6.45) is 0. The van der Waals surface area contributed by atoms with Gasteiger partial charge < -0.3 is 5.11 Å². The number of carboxylic acids is 1. The zero-order valence-electron chi connectivity index (χ0n) is 17.3. The molecule has 0 aromatic carbocycles. The predicted octanol–water partition coefficient (Wildman–Crippen LogP) is -2.37. The Balaban J connectivity index is 2.24. The molecule has 2 heterocycles. The molecule has 2 unspecified atom stereocenters. The second kappa shape index (κ2) is 11.8. The van der Waals surface area contributed by atoms with E-state index in [9.17, 15) is 24.3 Å². The fourth-order valence-corrected chi connectivity index (χ4v) is 3.01. The number of likely N-dealkylation sites (N-methyl/N-ethyl adjacent to an activating group) is 2. The van der Waals surface area contributed by atoms with Crippen LogP contribution in [0.15, 0.2) is 0 Å². The van der Waals surface area contributed by atoms with Crippen molar-refractivity contribution in [3.05, 3.63) is 0 Å². The van der Waals surface area contributed by atoms with Crippen molar-refractivity contribution in [1.29, 1.82) is 0 Å². The molecule has 13 heteroatoms. The van der Waals surface area contributed by atoms with Gasteiger partial charge in [-0.05, 0) is 13.6 Å². The maximum atomic E-state index is 12.3. The monoisotopic (exact) mass is 431 g/mol. The average Bonchev–Trinajstić information content (AvgIpc) is 2.66. The number of hydrogen-bond donors (Lipinski definition) is 1. The maximum absolute atomic E-state index is 12.3. The summed E-state index contributed by atoms with van der Waals surface area (Å²) in [4.78, 5) is 69.5. The Hall–Kier alpha value is -2.32. The third-order valence-corrected chi connectivity index (χ3v) is 4.70. The summed E-state index contributed by atoms with van der Waals surface area (Å²) in [7, 11) is 1.71. The minimum Gasteiger partial charge on any atom is -0.480 e. The van der Waals surface area contributed by atoms with Crippen molar-refractivity contribution < 1.29 is 38.8 Å². The van der Waals surface area contributed by atoms with Gasteiger partial charge in [0, 0.05) is 39.3 Å². The molecule has 0 saturated carbocycles. The first-order valence-corrected chi connectivity index (χ1v) is 9.75. The molecule has 1 N–H and O–H groups in total. The SMILES string of the molecule is CCN1CCN(CC(=O)O)CCN2CCN(C)CC(=O)ON(OC(=O)C1)OC(=O)C2. The van der Waals surface area contributed by atoms with Crippen molar-refractivity contribution >= 4 is 23.9 Å². The molecule has 2 atom stereocenters. The molecule has 2 rings (SSSR count).